The van der Waals surface area contributed by atoms with Gasteiger partial charge < -0.3 is 0 Å². The zero-order valence-corrected chi connectivity index (χ0v) is 7.12. The van der Waals surface area contributed by atoms with Crippen LogP contribution in [0.15, 0.2) is 30.3 Å². The van der Waals surface area contributed by atoms with Crippen molar-refractivity contribution < 1.29 is 10.5 Å². The summed E-state index contributed by atoms with van der Waals surface area (Å²) in [5.41, 5.74) is 0. The number of benzene rings is 1. The second-order valence-corrected chi connectivity index (χ2v) is 5.16. The second kappa shape index (κ2) is 2.66. The van der Waals surface area contributed by atoms with Crippen LogP contribution in [0.4, 0.5) is 10.5 Å². The molecule has 1 aromatic carbocycles. The molecule has 0 aliphatic rings. The minimum absolute atomic E-state index is 0.414. The normalized spacial score (nSPS) is 11.5. The van der Waals surface area contributed by atoms with Gasteiger partial charge in [-0.3, -0.25) is 0 Å². The van der Waals surface area contributed by atoms with E-state index in [0.717, 1.165) is 12.1 Å². The molecule has 1 aromatic rings. The molecule has 0 fully saturated rings. The third-order valence-corrected chi connectivity index (χ3v) is 3.17. The van der Waals surface area contributed by atoms with Crippen LogP contribution in [0.25, 0.3) is 0 Å². The van der Waals surface area contributed by atoms with E-state index in [1.165, 1.54) is 12.1 Å². The molecule has 4 heteroatoms. The number of halogens is 3. The zero-order valence-electron chi connectivity index (χ0n) is 5.02. The Hall–Kier alpha value is -0.447. The average Bonchev–Trinajstić information content (AvgIpc) is 1.88. The fraction of sp³-hybridized carbons (Fsp3) is 0. The van der Waals surface area contributed by atoms with E-state index in [1.807, 2.05) is 0 Å². The van der Waals surface area contributed by atoms with Gasteiger partial charge in [-0.05, 0) is 0 Å². The van der Waals surface area contributed by atoms with E-state index in [1.54, 1.807) is 6.07 Å². The van der Waals surface area contributed by atoms with Gasteiger partial charge in [0.15, 0.2) is 0 Å². The molecule has 0 heterocycles. The molecule has 0 aliphatic carbocycles. The van der Waals surface area contributed by atoms with Crippen LogP contribution in [-0.4, -0.2) is 14.7 Å². The van der Waals surface area contributed by atoms with Crippen LogP contribution in [0.5, 0.6) is 0 Å². The predicted octanol–water partition coefficient (Wildman–Crippen LogP) is 1.74. The number of rotatable bonds is 1. The minimum atomic E-state index is -6.00. The van der Waals surface area contributed by atoms with Crippen LogP contribution >= 0.6 is 0 Å². The summed E-state index contributed by atoms with van der Waals surface area (Å²) >= 11 is -6.00. The molecule has 0 spiro atoms. The van der Waals surface area contributed by atoms with E-state index in [-0.39, 0.29) is 0 Å². The average molecular weight is 207 g/mol. The summed E-state index contributed by atoms with van der Waals surface area (Å²) < 4.78 is 35.5. The van der Waals surface area contributed by atoms with Gasteiger partial charge in [-0.25, -0.2) is 0 Å². The molecule has 0 N–H and O–H groups in total. The van der Waals surface area contributed by atoms with E-state index in [4.69, 9.17) is 0 Å². The Morgan fingerprint density at radius 3 is 1.70 bits per heavy atom. The van der Waals surface area contributed by atoms with Crippen LogP contribution in [-0.2, 0) is 0 Å². The molecule has 0 aliphatic heterocycles. The Morgan fingerprint density at radius 2 is 1.40 bits per heavy atom. The van der Waals surface area contributed by atoms with Gasteiger partial charge in [0.05, 0.1) is 0 Å². The van der Waals surface area contributed by atoms with Crippen molar-refractivity contribution in [1.82, 2.24) is 0 Å². The molecule has 54 valence electrons. The van der Waals surface area contributed by atoms with Crippen LogP contribution in [0.2, 0.25) is 0 Å². The second-order valence-electron chi connectivity index (χ2n) is 1.86. The van der Waals surface area contributed by atoms with Crippen molar-refractivity contribution in [2.75, 3.05) is 0 Å². The van der Waals surface area contributed by atoms with Crippen LogP contribution in [0.1, 0.15) is 0 Å². The maximum atomic E-state index is 12.0. The van der Waals surface area contributed by atoms with Crippen molar-refractivity contribution in [2.45, 2.75) is 0 Å². The summed E-state index contributed by atoms with van der Waals surface area (Å²) in [6.07, 6.45) is 0. The van der Waals surface area contributed by atoms with Gasteiger partial charge in [0.1, 0.15) is 0 Å². The first kappa shape index (κ1) is 7.66. The molecule has 0 saturated heterocycles. The Kier molecular flexibility index (Phi) is 2.03. The quantitative estimate of drug-likeness (QED) is 0.615. The summed E-state index contributed by atoms with van der Waals surface area (Å²) in [7, 11) is 0. The van der Waals surface area contributed by atoms with Gasteiger partial charge in [-0.1, -0.05) is 0 Å². The molecule has 0 amide bonds. The summed E-state index contributed by atoms with van der Waals surface area (Å²) in [5, 5.41) is 0. The van der Waals surface area contributed by atoms with Crippen molar-refractivity contribution >= 4 is 19.1 Å². The Morgan fingerprint density at radius 1 is 0.900 bits per heavy atom. The first-order valence-electron chi connectivity index (χ1n) is 2.73. The Labute approximate surface area is 60.5 Å². The molecule has 0 saturated carbocycles. The molecule has 0 nitrogen and oxygen atoms in total. The van der Waals surface area contributed by atoms with Crippen molar-refractivity contribution in [3.63, 3.8) is 0 Å². The molecular weight excluding hydrogens is 202 g/mol. The monoisotopic (exact) mass is 208 g/mol. The molecule has 0 atom stereocenters. The fourth-order valence-electron chi connectivity index (χ4n) is 0.627. The van der Waals surface area contributed by atoms with E-state index >= 15 is 0 Å². The Bertz CT molecular complexity index is 204. The van der Waals surface area contributed by atoms with Crippen molar-refractivity contribution in [2.24, 2.45) is 0 Å². The van der Waals surface area contributed by atoms with E-state index in [2.05, 4.69) is 0 Å². The van der Waals surface area contributed by atoms with E-state index in [9.17, 15) is 10.5 Å². The first-order valence-corrected chi connectivity index (χ1v) is 6.16. The molecule has 1 rings (SSSR count). The third-order valence-electron chi connectivity index (χ3n) is 1.10. The van der Waals surface area contributed by atoms with Gasteiger partial charge in [0, 0.05) is 0 Å². The van der Waals surface area contributed by atoms with Crippen LogP contribution < -0.4 is 4.40 Å². The third kappa shape index (κ3) is 1.77. The van der Waals surface area contributed by atoms with Gasteiger partial charge >= 0.3 is 59.9 Å². The topological polar surface area (TPSA) is 0 Å². The predicted molar refractivity (Wildman–Crippen MR) is 35.2 cm³/mol. The molecule has 0 radical (unpaired) electrons. The van der Waals surface area contributed by atoms with E-state index < -0.39 is 19.1 Å². The number of hydrogen-bond donors (Lipinski definition) is 0. The summed E-state index contributed by atoms with van der Waals surface area (Å²) in [6, 6.07) is 6.65. The standard InChI is InChI=1S/C6H5F3Ge/c7-10(8,9)6-4-2-1-3-5-6/h1-5H. The number of hydrogen-bond acceptors (Lipinski definition) is 0. The molecule has 0 unspecified atom stereocenters. The molecule has 10 heavy (non-hydrogen) atoms. The maximum absolute atomic E-state index is 12.0. The first-order chi connectivity index (χ1) is 4.61. The summed E-state index contributed by atoms with van der Waals surface area (Å²) in [4.78, 5) is 0. The van der Waals surface area contributed by atoms with Gasteiger partial charge in [0.2, 0.25) is 0 Å². The summed E-state index contributed by atoms with van der Waals surface area (Å²) in [6.45, 7) is 0. The van der Waals surface area contributed by atoms with Crippen molar-refractivity contribution in [1.29, 1.82) is 0 Å². The fourth-order valence-corrected chi connectivity index (χ4v) is 1.82. The Balaban J connectivity index is 2.97. The zero-order chi connectivity index (χ0) is 7.61. The molecule has 0 aromatic heterocycles. The molecular formula is C6H5F3Ge. The van der Waals surface area contributed by atoms with E-state index in [0.29, 0.717) is 0 Å². The van der Waals surface area contributed by atoms with Crippen molar-refractivity contribution in [3.05, 3.63) is 30.3 Å². The van der Waals surface area contributed by atoms with Gasteiger partial charge in [-0.15, -0.1) is 0 Å². The van der Waals surface area contributed by atoms with Crippen LogP contribution in [0.3, 0.4) is 0 Å². The van der Waals surface area contributed by atoms with Crippen molar-refractivity contribution in [3.8, 4) is 0 Å². The van der Waals surface area contributed by atoms with Gasteiger partial charge in [0.25, 0.3) is 0 Å². The molecule has 0 bridgehead atoms. The van der Waals surface area contributed by atoms with Gasteiger partial charge in [-0.2, -0.15) is 0 Å². The summed E-state index contributed by atoms with van der Waals surface area (Å²) in [5.74, 6) is 0. The SMILES string of the molecule is [F][Ge]([F])([F])[c]1ccccc1. The van der Waals surface area contributed by atoms with Crippen LogP contribution in [0, 0.1) is 0 Å².